The third kappa shape index (κ3) is 6.43. The summed E-state index contributed by atoms with van der Waals surface area (Å²) in [6.45, 7) is 3.96. The Bertz CT molecular complexity index is 1240. The number of carbonyl (C=O) groups is 1. The van der Waals surface area contributed by atoms with Crippen LogP contribution in [-0.2, 0) is 4.79 Å². The summed E-state index contributed by atoms with van der Waals surface area (Å²) in [6.07, 6.45) is 5.16. The fraction of sp³-hybridized carbons (Fsp3) is 0.320. The summed E-state index contributed by atoms with van der Waals surface area (Å²) in [5, 5.41) is 6.57. The zero-order valence-electron chi connectivity index (χ0n) is 19.2. The monoisotopic (exact) mass is 501 g/mol. The lowest BCUT2D eigenvalue weighted by atomic mass is 10.1. The summed E-state index contributed by atoms with van der Waals surface area (Å²) in [6, 6.07) is 7.71. The molecule has 7 nitrogen and oxygen atoms in total. The number of piperidine rings is 1. The van der Waals surface area contributed by atoms with Crippen LogP contribution in [0.25, 0.3) is 10.9 Å². The zero-order chi connectivity index (χ0) is 24.8. The van der Waals surface area contributed by atoms with E-state index in [4.69, 9.17) is 16.3 Å². The summed E-state index contributed by atoms with van der Waals surface area (Å²) in [7, 11) is 0. The molecule has 0 saturated carbocycles. The van der Waals surface area contributed by atoms with E-state index in [-0.39, 0.29) is 10.9 Å². The van der Waals surface area contributed by atoms with Gasteiger partial charge in [0.25, 0.3) is 0 Å². The Labute approximate surface area is 207 Å². The third-order valence-corrected chi connectivity index (χ3v) is 5.85. The SMILES string of the molecule is CCOc1cc2ncnc(Nc3ccc(F)c(Cl)c3)c2cc1NC(=O)C=CCN1CCCC(F)C1. The Morgan fingerprint density at radius 2 is 2.17 bits per heavy atom. The van der Waals surface area contributed by atoms with E-state index in [2.05, 4.69) is 20.6 Å². The maximum absolute atomic E-state index is 13.6. The fourth-order valence-electron chi connectivity index (χ4n) is 3.91. The number of carbonyl (C=O) groups excluding carboxylic acids is 1. The highest BCUT2D eigenvalue weighted by Gasteiger charge is 2.18. The summed E-state index contributed by atoms with van der Waals surface area (Å²) < 4.78 is 32.8. The Kier molecular flexibility index (Phi) is 8.09. The van der Waals surface area contributed by atoms with Crippen molar-refractivity contribution in [3.8, 4) is 5.75 Å². The predicted octanol–water partition coefficient (Wildman–Crippen LogP) is 5.49. The van der Waals surface area contributed by atoms with Gasteiger partial charge in [-0.25, -0.2) is 18.7 Å². The van der Waals surface area contributed by atoms with Gasteiger partial charge < -0.3 is 15.4 Å². The van der Waals surface area contributed by atoms with Crippen LogP contribution in [0.5, 0.6) is 5.75 Å². The number of nitrogens with one attached hydrogen (secondary N) is 2. The first kappa shape index (κ1) is 24.8. The molecule has 2 aromatic carbocycles. The van der Waals surface area contributed by atoms with Crippen molar-refractivity contribution in [1.82, 2.24) is 14.9 Å². The third-order valence-electron chi connectivity index (χ3n) is 5.56. The smallest absolute Gasteiger partial charge is 0.248 e. The largest absolute Gasteiger partial charge is 0.492 e. The first-order valence-corrected chi connectivity index (χ1v) is 11.8. The molecule has 1 atom stereocenters. The van der Waals surface area contributed by atoms with Gasteiger partial charge in [-0.15, -0.1) is 0 Å². The number of benzene rings is 2. The fourth-order valence-corrected chi connectivity index (χ4v) is 4.10. The Morgan fingerprint density at radius 3 is 2.94 bits per heavy atom. The van der Waals surface area contributed by atoms with Gasteiger partial charge in [-0.05, 0) is 50.6 Å². The van der Waals surface area contributed by atoms with E-state index in [0.717, 1.165) is 13.0 Å². The van der Waals surface area contributed by atoms with Crippen LogP contribution in [0.2, 0.25) is 5.02 Å². The quantitative estimate of drug-likeness (QED) is 0.397. The zero-order valence-corrected chi connectivity index (χ0v) is 20.0. The van der Waals surface area contributed by atoms with Crippen molar-refractivity contribution in [2.75, 3.05) is 36.9 Å². The molecule has 0 radical (unpaired) electrons. The van der Waals surface area contributed by atoms with Gasteiger partial charge >= 0.3 is 0 Å². The van der Waals surface area contributed by atoms with Gasteiger partial charge in [0.05, 0.1) is 22.8 Å². The molecule has 1 fully saturated rings. The van der Waals surface area contributed by atoms with Crippen molar-refractivity contribution in [2.24, 2.45) is 0 Å². The lowest BCUT2D eigenvalue weighted by Crippen LogP contribution is -2.36. The minimum atomic E-state index is -0.812. The van der Waals surface area contributed by atoms with Gasteiger partial charge in [-0.2, -0.15) is 0 Å². The van der Waals surface area contributed by atoms with Crippen LogP contribution in [0.3, 0.4) is 0 Å². The van der Waals surface area contributed by atoms with Gasteiger partial charge in [0.1, 0.15) is 29.9 Å². The molecule has 1 aromatic heterocycles. The lowest BCUT2D eigenvalue weighted by molar-refractivity contribution is -0.111. The van der Waals surface area contributed by atoms with E-state index in [9.17, 15) is 13.6 Å². The van der Waals surface area contributed by atoms with Crippen LogP contribution in [0.15, 0.2) is 48.8 Å². The molecule has 2 heterocycles. The molecule has 184 valence electrons. The van der Waals surface area contributed by atoms with Crippen LogP contribution >= 0.6 is 11.6 Å². The normalized spacial score (nSPS) is 16.5. The number of anilines is 3. The second kappa shape index (κ2) is 11.4. The minimum absolute atomic E-state index is 0.0154. The number of fused-ring (bicyclic) bond motifs is 1. The van der Waals surface area contributed by atoms with Crippen LogP contribution in [-0.4, -0.2) is 53.2 Å². The number of hydrogen-bond donors (Lipinski definition) is 2. The maximum Gasteiger partial charge on any atom is 0.248 e. The van der Waals surface area contributed by atoms with Crippen molar-refractivity contribution < 1.29 is 18.3 Å². The highest BCUT2D eigenvalue weighted by molar-refractivity contribution is 6.31. The molecule has 1 amide bonds. The highest BCUT2D eigenvalue weighted by atomic mass is 35.5. The number of aromatic nitrogens is 2. The molecule has 0 spiro atoms. The minimum Gasteiger partial charge on any atom is -0.492 e. The van der Waals surface area contributed by atoms with Gasteiger partial charge in [0, 0.05) is 36.3 Å². The van der Waals surface area contributed by atoms with E-state index in [0.29, 0.717) is 60.0 Å². The van der Waals surface area contributed by atoms with Crippen LogP contribution in [0.4, 0.5) is 26.0 Å². The molecule has 1 saturated heterocycles. The molecule has 1 aliphatic rings. The highest BCUT2D eigenvalue weighted by Crippen LogP contribution is 2.34. The number of likely N-dealkylation sites (tertiary alicyclic amines) is 1. The summed E-state index contributed by atoms with van der Waals surface area (Å²) in [5.41, 5.74) is 1.59. The Balaban J connectivity index is 1.55. The van der Waals surface area contributed by atoms with E-state index >= 15 is 0 Å². The second-order valence-electron chi connectivity index (χ2n) is 8.17. The molecule has 1 aliphatic heterocycles. The molecule has 1 unspecified atom stereocenters. The van der Waals surface area contributed by atoms with Gasteiger partial charge in [0.2, 0.25) is 5.91 Å². The summed E-state index contributed by atoms with van der Waals surface area (Å²) in [4.78, 5) is 23.2. The molecule has 10 heteroatoms. The van der Waals surface area contributed by atoms with E-state index < -0.39 is 12.0 Å². The number of ether oxygens (including phenoxy) is 1. The summed E-state index contributed by atoms with van der Waals surface area (Å²) in [5.74, 6) is 0.0647. The standard InChI is InChI=1S/C25H26ClF2N5O2/c1-2-35-23-13-21-18(25(30-15-29-21)31-17-7-8-20(28)19(26)11-17)12-22(23)32-24(34)6-4-10-33-9-3-5-16(27)14-33/h4,6-8,11-13,15-16H,2-3,5,9-10,14H2,1H3,(H,32,34)(H,29,30,31). The van der Waals surface area contributed by atoms with Gasteiger partial charge in [0.15, 0.2) is 0 Å². The molecular weight excluding hydrogens is 476 g/mol. The number of halogens is 3. The topological polar surface area (TPSA) is 79.4 Å². The van der Waals surface area contributed by atoms with E-state index in [1.807, 2.05) is 11.8 Å². The Hall–Kier alpha value is -3.30. The average Bonchev–Trinajstić information content (AvgIpc) is 2.82. The van der Waals surface area contributed by atoms with Crippen molar-refractivity contribution >= 4 is 45.6 Å². The molecule has 35 heavy (non-hydrogen) atoms. The predicted molar refractivity (Wildman–Crippen MR) is 134 cm³/mol. The average molecular weight is 502 g/mol. The number of nitrogens with zero attached hydrogens (tertiary/aromatic N) is 3. The van der Waals surface area contributed by atoms with E-state index in [1.54, 1.807) is 24.3 Å². The first-order chi connectivity index (χ1) is 16.9. The van der Waals surface area contributed by atoms with Gasteiger partial charge in [-0.3, -0.25) is 9.69 Å². The number of amides is 1. The van der Waals surface area contributed by atoms with Crippen molar-refractivity contribution in [1.29, 1.82) is 0 Å². The molecule has 2 N–H and O–H groups in total. The molecule has 4 rings (SSSR count). The number of alkyl halides is 1. The van der Waals surface area contributed by atoms with Crippen molar-refractivity contribution in [2.45, 2.75) is 25.9 Å². The molecular formula is C25H26ClF2N5O2. The summed E-state index contributed by atoms with van der Waals surface area (Å²) >= 11 is 5.89. The van der Waals surface area contributed by atoms with Crippen LogP contribution < -0.4 is 15.4 Å². The number of hydrogen-bond acceptors (Lipinski definition) is 6. The van der Waals surface area contributed by atoms with Gasteiger partial charge in [-0.1, -0.05) is 17.7 Å². The first-order valence-electron chi connectivity index (χ1n) is 11.4. The van der Waals surface area contributed by atoms with E-state index in [1.165, 1.54) is 24.5 Å². The maximum atomic E-state index is 13.6. The van der Waals surface area contributed by atoms with Crippen molar-refractivity contribution in [3.63, 3.8) is 0 Å². The molecule has 0 aliphatic carbocycles. The van der Waals surface area contributed by atoms with Crippen LogP contribution in [0, 0.1) is 5.82 Å². The number of rotatable bonds is 8. The van der Waals surface area contributed by atoms with Crippen LogP contribution in [0.1, 0.15) is 19.8 Å². The molecule has 0 bridgehead atoms. The lowest BCUT2D eigenvalue weighted by Gasteiger charge is -2.27. The second-order valence-corrected chi connectivity index (χ2v) is 8.57. The molecule has 3 aromatic rings. The Morgan fingerprint density at radius 1 is 1.31 bits per heavy atom. The van der Waals surface area contributed by atoms with Crippen molar-refractivity contribution in [3.05, 3.63) is 59.7 Å².